The maximum absolute atomic E-state index is 4.99. The van der Waals surface area contributed by atoms with E-state index < -0.39 is 0 Å². The second kappa shape index (κ2) is 1.82. The first kappa shape index (κ1) is 5.70. The standard InChI is InChI=1S/C7H3N3O2/c1-4-6(11-2-8-4)10-7-5(1)9-3-12-7/h1-3H. The molecule has 5 heteroatoms. The van der Waals surface area contributed by atoms with E-state index in [1.54, 1.807) is 6.07 Å². The molecule has 3 aromatic heterocycles. The maximum atomic E-state index is 4.99. The van der Waals surface area contributed by atoms with Crippen LogP contribution in [0.15, 0.2) is 27.7 Å². The van der Waals surface area contributed by atoms with Crippen molar-refractivity contribution in [3.63, 3.8) is 0 Å². The van der Waals surface area contributed by atoms with Crippen LogP contribution in [0.2, 0.25) is 0 Å². The van der Waals surface area contributed by atoms with Gasteiger partial charge in [0.15, 0.2) is 12.8 Å². The molecule has 3 aromatic rings. The summed E-state index contributed by atoms with van der Waals surface area (Å²) in [6, 6.07) is 1.77. The van der Waals surface area contributed by atoms with Crippen LogP contribution >= 0.6 is 0 Å². The number of nitrogens with zero attached hydrogens (tertiary/aromatic N) is 3. The number of aromatic nitrogens is 3. The van der Waals surface area contributed by atoms with E-state index in [0.29, 0.717) is 22.5 Å². The van der Waals surface area contributed by atoms with E-state index in [1.165, 1.54) is 12.8 Å². The molecule has 0 aliphatic heterocycles. The van der Waals surface area contributed by atoms with E-state index in [9.17, 15) is 0 Å². The second-order valence-electron chi connectivity index (χ2n) is 2.34. The first-order valence-electron chi connectivity index (χ1n) is 3.37. The zero-order valence-corrected chi connectivity index (χ0v) is 5.89. The van der Waals surface area contributed by atoms with Gasteiger partial charge >= 0.3 is 0 Å². The Morgan fingerprint density at radius 1 is 0.917 bits per heavy atom. The van der Waals surface area contributed by atoms with Crippen molar-refractivity contribution in [2.75, 3.05) is 0 Å². The molecule has 0 radical (unpaired) electrons. The topological polar surface area (TPSA) is 65.0 Å². The van der Waals surface area contributed by atoms with Gasteiger partial charge in [0.25, 0.3) is 0 Å². The third-order valence-electron chi connectivity index (χ3n) is 1.63. The molecule has 0 atom stereocenters. The SMILES string of the molecule is c1nc2cc3ncoc3nc2o1. The van der Waals surface area contributed by atoms with Gasteiger partial charge in [-0.05, 0) is 0 Å². The van der Waals surface area contributed by atoms with Gasteiger partial charge in [-0.25, -0.2) is 9.97 Å². The molecular formula is C7H3N3O2. The summed E-state index contributed by atoms with van der Waals surface area (Å²) in [5.74, 6) is 0. The lowest BCUT2D eigenvalue weighted by Gasteiger charge is -1.83. The second-order valence-corrected chi connectivity index (χ2v) is 2.34. The maximum Gasteiger partial charge on any atom is 0.250 e. The van der Waals surface area contributed by atoms with Crippen LogP contribution in [-0.2, 0) is 0 Å². The minimum atomic E-state index is 0.472. The van der Waals surface area contributed by atoms with E-state index in [-0.39, 0.29) is 0 Å². The zero-order valence-electron chi connectivity index (χ0n) is 5.89. The number of hydrogen-bond acceptors (Lipinski definition) is 5. The van der Waals surface area contributed by atoms with Crippen molar-refractivity contribution in [3.05, 3.63) is 18.9 Å². The van der Waals surface area contributed by atoms with Crippen LogP contribution in [-0.4, -0.2) is 15.0 Å². The Morgan fingerprint density at radius 2 is 1.50 bits per heavy atom. The van der Waals surface area contributed by atoms with Crippen LogP contribution in [0.5, 0.6) is 0 Å². The highest BCUT2D eigenvalue weighted by molar-refractivity contribution is 5.82. The van der Waals surface area contributed by atoms with E-state index in [4.69, 9.17) is 8.83 Å². The summed E-state index contributed by atoms with van der Waals surface area (Å²) in [7, 11) is 0. The molecular weight excluding hydrogens is 158 g/mol. The first-order chi connectivity index (χ1) is 5.93. The summed E-state index contributed by atoms with van der Waals surface area (Å²) in [4.78, 5) is 11.9. The smallest absolute Gasteiger partial charge is 0.250 e. The highest BCUT2D eigenvalue weighted by atomic mass is 16.4. The average Bonchev–Trinajstić information content (AvgIpc) is 2.64. The number of oxazole rings is 2. The van der Waals surface area contributed by atoms with Crippen molar-refractivity contribution in [1.82, 2.24) is 15.0 Å². The molecule has 0 saturated heterocycles. The van der Waals surface area contributed by atoms with Gasteiger partial charge in [-0.15, -0.1) is 0 Å². The number of pyridine rings is 1. The molecule has 58 valence electrons. The Labute approximate surface area is 66.0 Å². The van der Waals surface area contributed by atoms with Gasteiger partial charge in [0.2, 0.25) is 11.4 Å². The zero-order chi connectivity index (χ0) is 7.97. The summed E-state index contributed by atoms with van der Waals surface area (Å²) in [5.41, 5.74) is 2.33. The summed E-state index contributed by atoms with van der Waals surface area (Å²) in [5, 5.41) is 0. The molecule has 0 fully saturated rings. The van der Waals surface area contributed by atoms with Crippen LogP contribution < -0.4 is 0 Å². The molecule has 0 aliphatic rings. The van der Waals surface area contributed by atoms with Gasteiger partial charge in [-0.1, -0.05) is 0 Å². The fourth-order valence-corrected chi connectivity index (χ4v) is 1.08. The monoisotopic (exact) mass is 161 g/mol. The van der Waals surface area contributed by atoms with E-state index in [1.807, 2.05) is 0 Å². The summed E-state index contributed by atoms with van der Waals surface area (Å²) in [6.45, 7) is 0. The normalized spacial score (nSPS) is 11.3. The van der Waals surface area contributed by atoms with Crippen LogP contribution in [0.25, 0.3) is 22.5 Å². The molecule has 0 bridgehead atoms. The predicted molar refractivity (Wildman–Crippen MR) is 39.4 cm³/mol. The fraction of sp³-hybridized carbons (Fsp3) is 0. The minimum absolute atomic E-state index is 0.472. The molecule has 0 aromatic carbocycles. The van der Waals surface area contributed by atoms with E-state index >= 15 is 0 Å². The lowest BCUT2D eigenvalue weighted by Crippen LogP contribution is -1.75. The van der Waals surface area contributed by atoms with Crippen molar-refractivity contribution < 1.29 is 8.83 Å². The lowest BCUT2D eigenvalue weighted by molar-refractivity contribution is 0.572. The Hall–Kier alpha value is -1.91. The summed E-state index contributed by atoms with van der Waals surface area (Å²) in [6.07, 6.45) is 2.69. The Balaban J connectivity index is 2.62. The van der Waals surface area contributed by atoms with E-state index in [0.717, 1.165) is 0 Å². The van der Waals surface area contributed by atoms with Gasteiger partial charge in [-0.2, -0.15) is 4.98 Å². The van der Waals surface area contributed by atoms with Crippen LogP contribution in [0, 0.1) is 0 Å². The molecule has 0 spiro atoms. The van der Waals surface area contributed by atoms with Gasteiger partial charge in [0.1, 0.15) is 11.0 Å². The quantitative estimate of drug-likeness (QED) is 0.498. The molecule has 0 unspecified atom stereocenters. The molecule has 3 heterocycles. The van der Waals surface area contributed by atoms with Gasteiger partial charge in [0, 0.05) is 6.07 Å². The Bertz CT molecular complexity index is 449. The van der Waals surface area contributed by atoms with Crippen molar-refractivity contribution in [1.29, 1.82) is 0 Å². The van der Waals surface area contributed by atoms with E-state index in [2.05, 4.69) is 15.0 Å². The third-order valence-corrected chi connectivity index (χ3v) is 1.63. The third kappa shape index (κ3) is 0.597. The molecule has 3 rings (SSSR count). The molecule has 5 nitrogen and oxygen atoms in total. The molecule has 0 amide bonds. The van der Waals surface area contributed by atoms with Crippen molar-refractivity contribution in [2.24, 2.45) is 0 Å². The van der Waals surface area contributed by atoms with Crippen LogP contribution in [0.1, 0.15) is 0 Å². The average molecular weight is 161 g/mol. The van der Waals surface area contributed by atoms with Crippen molar-refractivity contribution in [3.8, 4) is 0 Å². The van der Waals surface area contributed by atoms with Crippen LogP contribution in [0.4, 0.5) is 0 Å². The summed E-state index contributed by atoms with van der Waals surface area (Å²) >= 11 is 0. The Morgan fingerprint density at radius 3 is 2.08 bits per heavy atom. The summed E-state index contributed by atoms with van der Waals surface area (Å²) < 4.78 is 9.97. The van der Waals surface area contributed by atoms with Crippen molar-refractivity contribution >= 4 is 22.5 Å². The van der Waals surface area contributed by atoms with Crippen LogP contribution in [0.3, 0.4) is 0 Å². The highest BCUT2D eigenvalue weighted by Crippen LogP contribution is 2.16. The fourth-order valence-electron chi connectivity index (χ4n) is 1.08. The highest BCUT2D eigenvalue weighted by Gasteiger charge is 2.05. The molecule has 0 aliphatic carbocycles. The largest absolute Gasteiger partial charge is 0.425 e. The Kier molecular flexibility index (Phi) is 0.864. The van der Waals surface area contributed by atoms with Gasteiger partial charge < -0.3 is 8.83 Å². The predicted octanol–water partition coefficient (Wildman–Crippen LogP) is 1.36. The van der Waals surface area contributed by atoms with Crippen molar-refractivity contribution in [2.45, 2.75) is 0 Å². The minimum Gasteiger partial charge on any atom is -0.425 e. The molecule has 12 heavy (non-hydrogen) atoms. The van der Waals surface area contributed by atoms with Gasteiger partial charge in [-0.3, -0.25) is 0 Å². The number of hydrogen-bond donors (Lipinski definition) is 0. The molecule has 0 saturated carbocycles. The first-order valence-corrected chi connectivity index (χ1v) is 3.37. The molecule has 0 N–H and O–H groups in total. The lowest BCUT2D eigenvalue weighted by atomic mass is 10.4. The van der Waals surface area contributed by atoms with Gasteiger partial charge in [0.05, 0.1) is 0 Å². The number of rotatable bonds is 0. The number of fused-ring (bicyclic) bond motifs is 2.